The second-order valence-electron chi connectivity index (χ2n) is 3.10. The smallest absolute Gasteiger partial charge is 0.307 e. The molecule has 0 aliphatic heterocycles. The van der Waals surface area contributed by atoms with Crippen molar-refractivity contribution in [3.63, 3.8) is 0 Å². The number of aryl methyl sites for hydroxylation is 2. The average Bonchev–Trinajstić information content (AvgIpc) is 1.99. The van der Waals surface area contributed by atoms with Crippen molar-refractivity contribution in [2.24, 2.45) is 0 Å². The van der Waals surface area contributed by atoms with Crippen LogP contribution in [-0.4, -0.2) is 11.1 Å². The average molecular weight is 243 g/mol. The van der Waals surface area contributed by atoms with Crippen LogP contribution < -0.4 is 0 Å². The van der Waals surface area contributed by atoms with Gasteiger partial charge in [-0.1, -0.05) is 22.0 Å². The molecule has 0 aliphatic carbocycles. The number of carboxylic acid groups (broad SMARTS) is 1. The van der Waals surface area contributed by atoms with Crippen molar-refractivity contribution in [3.05, 3.63) is 33.3 Å². The summed E-state index contributed by atoms with van der Waals surface area (Å²) < 4.78 is 1.03. The highest BCUT2D eigenvalue weighted by molar-refractivity contribution is 9.10. The van der Waals surface area contributed by atoms with E-state index in [0.717, 1.165) is 21.2 Å². The molecule has 0 radical (unpaired) electrons. The second-order valence-corrected chi connectivity index (χ2v) is 3.95. The van der Waals surface area contributed by atoms with Gasteiger partial charge in [0.2, 0.25) is 0 Å². The van der Waals surface area contributed by atoms with Gasteiger partial charge in [-0.15, -0.1) is 0 Å². The summed E-state index contributed by atoms with van der Waals surface area (Å²) in [6.07, 6.45) is 0.0972. The fourth-order valence-corrected chi connectivity index (χ4v) is 1.65. The maximum atomic E-state index is 10.5. The first-order valence-corrected chi connectivity index (χ1v) is 4.77. The summed E-state index contributed by atoms with van der Waals surface area (Å²) in [4.78, 5) is 10.5. The van der Waals surface area contributed by atoms with E-state index >= 15 is 0 Å². The van der Waals surface area contributed by atoms with E-state index in [4.69, 9.17) is 5.11 Å². The van der Waals surface area contributed by atoms with Crippen LogP contribution in [0.1, 0.15) is 16.7 Å². The van der Waals surface area contributed by atoms with Gasteiger partial charge in [0, 0.05) is 4.47 Å². The summed E-state index contributed by atoms with van der Waals surface area (Å²) in [5.74, 6) is -0.787. The first-order chi connectivity index (χ1) is 6.00. The lowest BCUT2D eigenvalue weighted by molar-refractivity contribution is -0.136. The third-order valence-electron chi connectivity index (χ3n) is 1.96. The Morgan fingerprint density at radius 3 is 2.54 bits per heavy atom. The van der Waals surface area contributed by atoms with E-state index in [-0.39, 0.29) is 6.42 Å². The molecule has 1 aromatic carbocycles. The summed E-state index contributed by atoms with van der Waals surface area (Å²) in [5, 5.41) is 8.64. The van der Waals surface area contributed by atoms with Crippen LogP contribution in [-0.2, 0) is 11.2 Å². The van der Waals surface area contributed by atoms with Gasteiger partial charge >= 0.3 is 5.97 Å². The highest BCUT2D eigenvalue weighted by Crippen LogP contribution is 2.21. The Morgan fingerprint density at radius 2 is 2.00 bits per heavy atom. The molecule has 0 saturated carbocycles. The molecule has 0 fully saturated rings. The molecule has 70 valence electrons. The van der Waals surface area contributed by atoms with Crippen molar-refractivity contribution in [2.75, 3.05) is 0 Å². The molecule has 0 unspecified atom stereocenters. The highest BCUT2D eigenvalue weighted by Gasteiger charge is 2.06. The minimum Gasteiger partial charge on any atom is -0.481 e. The Balaban J connectivity index is 3.08. The minimum absolute atomic E-state index is 0.0972. The second kappa shape index (κ2) is 3.92. The predicted molar refractivity (Wildman–Crippen MR) is 55.0 cm³/mol. The van der Waals surface area contributed by atoms with Crippen LogP contribution in [0.5, 0.6) is 0 Å². The molecule has 3 heteroatoms. The van der Waals surface area contributed by atoms with Crippen LogP contribution in [0.25, 0.3) is 0 Å². The van der Waals surface area contributed by atoms with Gasteiger partial charge < -0.3 is 5.11 Å². The lowest BCUT2D eigenvalue weighted by Gasteiger charge is -2.06. The van der Waals surface area contributed by atoms with Crippen LogP contribution in [0.3, 0.4) is 0 Å². The molecule has 2 nitrogen and oxygen atoms in total. The van der Waals surface area contributed by atoms with Gasteiger partial charge in [-0.05, 0) is 36.6 Å². The van der Waals surface area contributed by atoms with Crippen molar-refractivity contribution in [2.45, 2.75) is 20.3 Å². The van der Waals surface area contributed by atoms with Crippen molar-refractivity contribution in [1.29, 1.82) is 0 Å². The quantitative estimate of drug-likeness (QED) is 0.866. The zero-order chi connectivity index (χ0) is 10.0. The van der Waals surface area contributed by atoms with E-state index < -0.39 is 5.97 Å². The predicted octanol–water partition coefficient (Wildman–Crippen LogP) is 2.69. The molecule has 0 atom stereocenters. The maximum Gasteiger partial charge on any atom is 0.307 e. The van der Waals surface area contributed by atoms with E-state index in [9.17, 15) is 4.79 Å². The molecule has 0 aliphatic rings. The number of aliphatic carboxylic acids is 1. The largest absolute Gasteiger partial charge is 0.481 e. The summed E-state index contributed by atoms with van der Waals surface area (Å²) in [6, 6.07) is 3.86. The molecule has 0 saturated heterocycles. The van der Waals surface area contributed by atoms with Gasteiger partial charge in [-0.2, -0.15) is 0 Å². The number of carbonyl (C=O) groups is 1. The Labute approximate surface area is 85.7 Å². The molecule has 0 spiro atoms. The van der Waals surface area contributed by atoms with E-state index in [1.54, 1.807) is 0 Å². The van der Waals surface area contributed by atoms with E-state index in [2.05, 4.69) is 15.9 Å². The standard InChI is InChI=1S/C10H11BrO2/c1-6-4-9(11)7(2)3-8(6)5-10(12)13/h3-4H,5H2,1-2H3,(H,12,13). The van der Waals surface area contributed by atoms with Gasteiger partial charge in [0.05, 0.1) is 6.42 Å². The summed E-state index contributed by atoms with van der Waals surface area (Å²) in [7, 11) is 0. The van der Waals surface area contributed by atoms with Crippen molar-refractivity contribution in [3.8, 4) is 0 Å². The Morgan fingerprint density at radius 1 is 1.38 bits per heavy atom. The van der Waals surface area contributed by atoms with E-state index in [1.165, 1.54) is 0 Å². The summed E-state index contributed by atoms with van der Waals surface area (Å²) >= 11 is 3.40. The summed E-state index contributed by atoms with van der Waals surface area (Å²) in [6.45, 7) is 3.87. The van der Waals surface area contributed by atoms with Crippen molar-refractivity contribution < 1.29 is 9.90 Å². The van der Waals surface area contributed by atoms with Gasteiger partial charge in [-0.25, -0.2) is 0 Å². The number of rotatable bonds is 2. The molecule has 13 heavy (non-hydrogen) atoms. The molecule has 1 rings (SSSR count). The lowest BCUT2D eigenvalue weighted by Crippen LogP contribution is -2.02. The van der Waals surface area contributed by atoms with Gasteiger partial charge in [0.1, 0.15) is 0 Å². The van der Waals surface area contributed by atoms with Crippen molar-refractivity contribution in [1.82, 2.24) is 0 Å². The topological polar surface area (TPSA) is 37.3 Å². The Bertz CT molecular complexity index is 345. The fourth-order valence-electron chi connectivity index (χ4n) is 1.19. The minimum atomic E-state index is -0.787. The number of hydrogen-bond acceptors (Lipinski definition) is 1. The Hall–Kier alpha value is -0.830. The molecule has 0 heterocycles. The van der Waals surface area contributed by atoms with Crippen LogP contribution in [0.2, 0.25) is 0 Å². The summed E-state index contributed by atoms with van der Waals surface area (Å²) in [5.41, 5.74) is 2.97. The number of carboxylic acids is 1. The van der Waals surface area contributed by atoms with Crippen LogP contribution >= 0.6 is 15.9 Å². The zero-order valence-electron chi connectivity index (χ0n) is 7.60. The molecule has 1 N–H and O–H groups in total. The molecule has 0 amide bonds. The molecule has 0 bridgehead atoms. The monoisotopic (exact) mass is 242 g/mol. The molecule has 0 aromatic heterocycles. The Kier molecular flexibility index (Phi) is 3.09. The molecular weight excluding hydrogens is 232 g/mol. The number of hydrogen-bond donors (Lipinski definition) is 1. The number of halogens is 1. The van der Waals surface area contributed by atoms with Gasteiger partial charge in [-0.3, -0.25) is 4.79 Å². The first-order valence-electron chi connectivity index (χ1n) is 3.98. The van der Waals surface area contributed by atoms with Crippen molar-refractivity contribution >= 4 is 21.9 Å². The van der Waals surface area contributed by atoms with Crippen LogP contribution in [0.15, 0.2) is 16.6 Å². The third kappa shape index (κ3) is 2.56. The normalized spacial score (nSPS) is 10.1. The number of benzene rings is 1. The van der Waals surface area contributed by atoms with E-state index in [0.29, 0.717) is 0 Å². The van der Waals surface area contributed by atoms with Gasteiger partial charge in [0.25, 0.3) is 0 Å². The molecular formula is C10H11BrO2. The maximum absolute atomic E-state index is 10.5. The zero-order valence-corrected chi connectivity index (χ0v) is 9.18. The van der Waals surface area contributed by atoms with Crippen LogP contribution in [0, 0.1) is 13.8 Å². The van der Waals surface area contributed by atoms with Gasteiger partial charge in [0.15, 0.2) is 0 Å². The first kappa shape index (κ1) is 10.3. The third-order valence-corrected chi connectivity index (χ3v) is 2.81. The highest BCUT2D eigenvalue weighted by atomic mass is 79.9. The SMILES string of the molecule is Cc1cc(CC(=O)O)c(C)cc1Br. The van der Waals surface area contributed by atoms with E-state index in [1.807, 2.05) is 26.0 Å². The lowest BCUT2D eigenvalue weighted by atomic mass is 10.0. The van der Waals surface area contributed by atoms with Crippen LogP contribution in [0.4, 0.5) is 0 Å². The molecule has 1 aromatic rings. The fraction of sp³-hybridized carbons (Fsp3) is 0.300.